The van der Waals surface area contributed by atoms with Crippen LogP contribution in [0.15, 0.2) is 12.1 Å². The molecule has 1 saturated carbocycles. The average Bonchev–Trinajstić information content (AvgIpc) is 3.62. The standard InChI is InChI=1S/C26H35N5O5.ClH/c1-15-16(2)24(36-14-17-7-8-17)29-31-23(15)28-30(25(31)27)13-20(33)18-11-19(26(3,4)5)22(34-6)21(12-18)35-10-9-32;/h11-12,17,27,32H,7-10,13-14H2,1-6H3;1H. The highest BCUT2D eigenvalue weighted by Crippen LogP contribution is 2.40. The first-order valence-electron chi connectivity index (χ1n) is 12.2. The van der Waals surface area contributed by atoms with Gasteiger partial charge in [0, 0.05) is 22.3 Å². The Labute approximate surface area is 222 Å². The van der Waals surface area contributed by atoms with Crippen molar-refractivity contribution < 1.29 is 24.1 Å². The van der Waals surface area contributed by atoms with Crippen LogP contribution in [-0.2, 0) is 12.0 Å². The number of fused-ring (bicyclic) bond motifs is 1. The Kier molecular flexibility index (Phi) is 8.54. The topological polar surface area (TPSA) is 124 Å². The predicted octanol–water partition coefficient (Wildman–Crippen LogP) is 3.40. The summed E-state index contributed by atoms with van der Waals surface area (Å²) in [5.41, 5.74) is 3.12. The second-order valence-electron chi connectivity index (χ2n) is 10.3. The van der Waals surface area contributed by atoms with Crippen LogP contribution in [0, 0.1) is 25.2 Å². The Bertz CT molecular complexity index is 1350. The Morgan fingerprint density at radius 2 is 1.86 bits per heavy atom. The van der Waals surface area contributed by atoms with E-state index in [2.05, 4.69) is 10.2 Å². The molecule has 11 heteroatoms. The van der Waals surface area contributed by atoms with Crippen LogP contribution in [0.3, 0.4) is 0 Å². The van der Waals surface area contributed by atoms with Gasteiger partial charge in [0.1, 0.15) is 13.2 Å². The van der Waals surface area contributed by atoms with Gasteiger partial charge in [-0.3, -0.25) is 10.2 Å². The molecule has 1 aliphatic rings. The van der Waals surface area contributed by atoms with Crippen molar-refractivity contribution in [2.75, 3.05) is 26.9 Å². The zero-order valence-electron chi connectivity index (χ0n) is 22.3. The highest BCUT2D eigenvalue weighted by Gasteiger charge is 2.26. The lowest BCUT2D eigenvalue weighted by Gasteiger charge is -2.25. The van der Waals surface area contributed by atoms with Gasteiger partial charge in [-0.25, -0.2) is 4.68 Å². The minimum atomic E-state index is -0.328. The second kappa shape index (κ2) is 11.1. The summed E-state index contributed by atoms with van der Waals surface area (Å²) in [6.45, 7) is 10.3. The van der Waals surface area contributed by atoms with Crippen molar-refractivity contribution in [2.24, 2.45) is 5.92 Å². The number of aliphatic hydroxyl groups excluding tert-OH is 1. The number of methoxy groups -OCH3 is 1. The summed E-state index contributed by atoms with van der Waals surface area (Å²) in [5, 5.41) is 26.9. The van der Waals surface area contributed by atoms with Gasteiger partial charge in [-0.2, -0.15) is 4.52 Å². The summed E-state index contributed by atoms with van der Waals surface area (Å²) >= 11 is 0. The van der Waals surface area contributed by atoms with Gasteiger partial charge in [0.25, 0.3) is 0 Å². The number of halogens is 1. The largest absolute Gasteiger partial charge is 0.493 e. The van der Waals surface area contributed by atoms with E-state index in [0.717, 1.165) is 16.7 Å². The molecule has 1 fully saturated rings. The molecule has 1 aliphatic carbocycles. The van der Waals surface area contributed by atoms with Crippen LogP contribution in [-0.4, -0.2) is 57.2 Å². The number of rotatable bonds is 10. The monoisotopic (exact) mass is 533 g/mol. The number of aryl methyl sites for hydroxylation is 1. The summed E-state index contributed by atoms with van der Waals surface area (Å²) in [6, 6.07) is 3.41. The van der Waals surface area contributed by atoms with Crippen molar-refractivity contribution in [2.45, 2.75) is 59.4 Å². The van der Waals surface area contributed by atoms with Gasteiger partial charge in [0.2, 0.25) is 11.5 Å². The molecule has 1 aromatic carbocycles. The minimum absolute atomic E-state index is 0. The number of ketones is 1. The molecule has 0 saturated heterocycles. The summed E-state index contributed by atoms with van der Waals surface area (Å²) in [4.78, 5) is 13.4. The third-order valence-corrected chi connectivity index (χ3v) is 6.45. The maximum Gasteiger partial charge on any atom is 0.242 e. The number of hydrogen-bond acceptors (Lipinski definition) is 8. The molecule has 0 atom stereocenters. The summed E-state index contributed by atoms with van der Waals surface area (Å²) < 4.78 is 20.0. The van der Waals surface area contributed by atoms with E-state index in [9.17, 15) is 9.90 Å². The maximum atomic E-state index is 13.4. The predicted molar refractivity (Wildman–Crippen MR) is 140 cm³/mol. The Hall–Kier alpha value is -3.11. The van der Waals surface area contributed by atoms with Gasteiger partial charge in [-0.15, -0.1) is 22.6 Å². The molecule has 2 aromatic heterocycles. The van der Waals surface area contributed by atoms with E-state index < -0.39 is 0 Å². The molecule has 0 aliphatic heterocycles. The molecule has 2 N–H and O–H groups in total. The number of Topliss-reactive ketones (excluding diaryl/α,β-unsaturated/α-hetero) is 1. The fourth-order valence-corrected chi connectivity index (χ4v) is 3.99. The molecule has 2 heterocycles. The minimum Gasteiger partial charge on any atom is -0.493 e. The maximum absolute atomic E-state index is 13.4. The van der Waals surface area contributed by atoms with Crippen LogP contribution in [0.1, 0.15) is 60.7 Å². The number of carbonyl (C=O) groups is 1. The van der Waals surface area contributed by atoms with Gasteiger partial charge in [0.15, 0.2) is 22.9 Å². The van der Waals surface area contributed by atoms with Crippen molar-refractivity contribution in [3.05, 3.63) is 40.0 Å². The zero-order valence-corrected chi connectivity index (χ0v) is 23.1. The number of nitrogens with zero attached hydrogens (tertiary/aromatic N) is 4. The van der Waals surface area contributed by atoms with Crippen molar-refractivity contribution >= 4 is 23.8 Å². The highest BCUT2D eigenvalue weighted by molar-refractivity contribution is 5.97. The second-order valence-corrected chi connectivity index (χ2v) is 10.3. The van der Waals surface area contributed by atoms with E-state index in [4.69, 9.17) is 19.6 Å². The first-order chi connectivity index (χ1) is 17.0. The fraction of sp³-hybridized carbons (Fsp3) is 0.538. The van der Waals surface area contributed by atoms with Gasteiger partial charge >= 0.3 is 0 Å². The lowest BCUT2D eigenvalue weighted by atomic mass is 9.84. The molecule has 0 amide bonds. The first kappa shape index (κ1) is 28.5. The molecule has 0 unspecified atom stereocenters. The van der Waals surface area contributed by atoms with E-state index >= 15 is 0 Å². The van der Waals surface area contributed by atoms with Crippen molar-refractivity contribution in [3.8, 4) is 17.4 Å². The Morgan fingerprint density at radius 3 is 2.46 bits per heavy atom. The van der Waals surface area contributed by atoms with Crippen molar-refractivity contribution in [1.29, 1.82) is 5.41 Å². The number of benzene rings is 1. The summed E-state index contributed by atoms with van der Waals surface area (Å²) in [7, 11) is 1.55. The van der Waals surface area contributed by atoms with E-state index in [1.54, 1.807) is 19.2 Å². The molecule has 0 bridgehead atoms. The molecule has 0 radical (unpaired) electrons. The van der Waals surface area contributed by atoms with Crippen LogP contribution in [0.2, 0.25) is 0 Å². The SMILES string of the molecule is COc1c(OCCO)cc(C(=O)Cn2nc3c(C)c(C)c(OCC4CC4)nn3c2=N)cc1C(C)(C)C.Cl. The number of aromatic nitrogens is 4. The number of hydrogen-bond donors (Lipinski definition) is 2. The van der Waals surface area contributed by atoms with Gasteiger partial charge in [0.05, 0.1) is 20.3 Å². The molecule has 4 rings (SSSR count). The fourth-order valence-electron chi connectivity index (χ4n) is 3.99. The lowest BCUT2D eigenvalue weighted by Crippen LogP contribution is -2.27. The number of aliphatic hydroxyl groups is 1. The van der Waals surface area contributed by atoms with Crippen LogP contribution in [0.5, 0.6) is 17.4 Å². The molecule has 37 heavy (non-hydrogen) atoms. The first-order valence-corrected chi connectivity index (χ1v) is 12.2. The summed E-state index contributed by atoms with van der Waals surface area (Å²) in [6.07, 6.45) is 2.35. The summed E-state index contributed by atoms with van der Waals surface area (Å²) in [5.74, 6) is 1.75. The molecule has 0 spiro atoms. The van der Waals surface area contributed by atoms with Gasteiger partial charge in [-0.05, 0) is 50.2 Å². The van der Waals surface area contributed by atoms with E-state index in [0.29, 0.717) is 41.1 Å². The third-order valence-electron chi connectivity index (χ3n) is 6.45. The molecule has 3 aromatic rings. The van der Waals surface area contributed by atoms with E-state index in [-0.39, 0.29) is 49.0 Å². The zero-order chi connectivity index (χ0) is 26.2. The van der Waals surface area contributed by atoms with Crippen LogP contribution in [0.4, 0.5) is 0 Å². The molecular weight excluding hydrogens is 498 g/mol. The molecular formula is C26H36ClN5O5. The van der Waals surface area contributed by atoms with E-state index in [1.165, 1.54) is 22.0 Å². The quantitative estimate of drug-likeness (QED) is 0.383. The highest BCUT2D eigenvalue weighted by atomic mass is 35.5. The Morgan fingerprint density at radius 1 is 1.16 bits per heavy atom. The Balaban J connectivity index is 0.00000380. The van der Waals surface area contributed by atoms with Gasteiger partial charge in [-0.1, -0.05) is 20.8 Å². The van der Waals surface area contributed by atoms with Crippen LogP contribution >= 0.6 is 12.4 Å². The number of ether oxygens (including phenoxy) is 3. The third kappa shape index (κ3) is 5.91. The van der Waals surface area contributed by atoms with Crippen molar-refractivity contribution in [1.82, 2.24) is 19.4 Å². The average molecular weight is 534 g/mol. The lowest BCUT2D eigenvalue weighted by molar-refractivity contribution is 0.0964. The van der Waals surface area contributed by atoms with Gasteiger partial charge < -0.3 is 19.3 Å². The molecule has 10 nitrogen and oxygen atoms in total. The van der Waals surface area contributed by atoms with Crippen LogP contribution in [0.25, 0.3) is 5.65 Å². The smallest absolute Gasteiger partial charge is 0.242 e. The number of carbonyl (C=O) groups excluding carboxylic acids is 1. The molecule has 202 valence electrons. The van der Waals surface area contributed by atoms with Crippen molar-refractivity contribution in [3.63, 3.8) is 0 Å². The van der Waals surface area contributed by atoms with E-state index in [1.807, 2.05) is 34.6 Å². The normalized spacial score (nSPS) is 13.4. The number of nitrogens with one attached hydrogen (secondary N) is 1. The van der Waals surface area contributed by atoms with Crippen LogP contribution < -0.4 is 19.8 Å².